The molecular weight excluding hydrogens is 327 g/mol. The predicted octanol–water partition coefficient (Wildman–Crippen LogP) is 2.57. The lowest BCUT2D eigenvalue weighted by Gasteiger charge is -2.35. The number of hydrogen-bond donors (Lipinski definition) is 1. The number of likely N-dealkylation sites (N-methyl/N-ethyl adjacent to an activating group) is 1. The van der Waals surface area contributed by atoms with Crippen LogP contribution in [0.3, 0.4) is 0 Å². The Morgan fingerprint density at radius 3 is 2.71 bits per heavy atom. The van der Waals surface area contributed by atoms with Crippen LogP contribution in [0.4, 0.5) is 0 Å². The summed E-state index contributed by atoms with van der Waals surface area (Å²) < 4.78 is 0.779. The first-order valence-corrected chi connectivity index (χ1v) is 6.19. The number of carbonyl (C=O) groups is 1. The maximum atomic E-state index is 12.2. The highest BCUT2D eigenvalue weighted by molar-refractivity contribution is 9.10. The Morgan fingerprint density at radius 2 is 2.18 bits per heavy atom. The number of rotatable bonds is 2. The van der Waals surface area contributed by atoms with Gasteiger partial charge in [0, 0.05) is 29.6 Å². The summed E-state index contributed by atoms with van der Waals surface area (Å²) in [5.41, 5.74) is 0.613. The summed E-state index contributed by atoms with van der Waals surface area (Å²) in [5, 5.41) is 3.72. The SMILES string of the molecule is CN(C(=O)c1cc(Cl)ccc1Br)C1CNC1.Cl. The van der Waals surface area contributed by atoms with E-state index in [0.29, 0.717) is 16.6 Å². The van der Waals surface area contributed by atoms with Gasteiger partial charge in [-0.1, -0.05) is 11.6 Å². The van der Waals surface area contributed by atoms with E-state index < -0.39 is 0 Å². The lowest BCUT2D eigenvalue weighted by molar-refractivity contribution is 0.0680. The Balaban J connectivity index is 0.00000144. The fourth-order valence-corrected chi connectivity index (χ4v) is 2.15. The number of amides is 1. The largest absolute Gasteiger partial charge is 0.336 e. The summed E-state index contributed by atoms with van der Waals surface area (Å²) in [6.45, 7) is 1.72. The molecule has 2 rings (SSSR count). The van der Waals surface area contributed by atoms with Gasteiger partial charge in [-0.15, -0.1) is 12.4 Å². The van der Waals surface area contributed by atoms with Crippen molar-refractivity contribution in [2.45, 2.75) is 6.04 Å². The Kier molecular flexibility index (Phi) is 5.25. The van der Waals surface area contributed by atoms with Crippen molar-refractivity contribution in [3.05, 3.63) is 33.3 Å². The standard InChI is InChI=1S/C11H12BrClN2O.ClH/c1-15(8-5-14-6-8)11(16)9-4-7(13)2-3-10(9)12;/h2-4,8,14H,5-6H2,1H3;1H. The molecule has 3 nitrogen and oxygen atoms in total. The molecule has 1 aromatic carbocycles. The second-order valence-electron chi connectivity index (χ2n) is 3.85. The first kappa shape index (κ1) is 14.8. The molecule has 0 aliphatic carbocycles. The van der Waals surface area contributed by atoms with Crippen LogP contribution in [0.2, 0.25) is 5.02 Å². The molecule has 0 radical (unpaired) electrons. The van der Waals surface area contributed by atoms with E-state index in [1.165, 1.54) is 0 Å². The molecule has 1 aromatic rings. The minimum Gasteiger partial charge on any atom is -0.336 e. The monoisotopic (exact) mass is 338 g/mol. The van der Waals surface area contributed by atoms with Crippen molar-refractivity contribution >= 4 is 45.8 Å². The molecular formula is C11H13BrCl2N2O. The Bertz CT molecular complexity index is 424. The molecule has 1 saturated heterocycles. The van der Waals surface area contributed by atoms with E-state index in [0.717, 1.165) is 17.6 Å². The predicted molar refractivity (Wildman–Crippen MR) is 75.2 cm³/mol. The third-order valence-electron chi connectivity index (χ3n) is 2.79. The molecule has 0 atom stereocenters. The normalized spacial score (nSPS) is 14.8. The van der Waals surface area contributed by atoms with Gasteiger partial charge in [0.1, 0.15) is 0 Å². The average Bonchev–Trinajstić information content (AvgIpc) is 2.18. The Morgan fingerprint density at radius 1 is 1.53 bits per heavy atom. The average molecular weight is 340 g/mol. The quantitative estimate of drug-likeness (QED) is 0.898. The van der Waals surface area contributed by atoms with Crippen LogP contribution in [0.1, 0.15) is 10.4 Å². The number of carbonyl (C=O) groups excluding carboxylic acids is 1. The van der Waals surface area contributed by atoms with Crippen molar-refractivity contribution in [2.75, 3.05) is 20.1 Å². The van der Waals surface area contributed by atoms with Gasteiger partial charge in [-0.2, -0.15) is 0 Å². The van der Waals surface area contributed by atoms with Crippen LogP contribution in [0, 0.1) is 0 Å². The molecule has 94 valence electrons. The van der Waals surface area contributed by atoms with E-state index in [1.807, 2.05) is 7.05 Å². The van der Waals surface area contributed by atoms with Crippen LogP contribution < -0.4 is 5.32 Å². The van der Waals surface area contributed by atoms with Crippen LogP contribution in [0.5, 0.6) is 0 Å². The molecule has 0 aromatic heterocycles. The van der Waals surface area contributed by atoms with Gasteiger partial charge in [-0.3, -0.25) is 4.79 Å². The van der Waals surface area contributed by atoms with Crippen LogP contribution >= 0.6 is 39.9 Å². The molecule has 0 saturated carbocycles. The molecule has 1 fully saturated rings. The minimum atomic E-state index is 0. The molecule has 1 aliphatic heterocycles. The first-order valence-electron chi connectivity index (χ1n) is 5.02. The summed E-state index contributed by atoms with van der Waals surface area (Å²) >= 11 is 9.26. The maximum absolute atomic E-state index is 12.2. The summed E-state index contributed by atoms with van der Waals surface area (Å²) in [6.07, 6.45) is 0. The van der Waals surface area contributed by atoms with Crippen LogP contribution in [0.25, 0.3) is 0 Å². The zero-order chi connectivity index (χ0) is 11.7. The van der Waals surface area contributed by atoms with Crippen molar-refractivity contribution in [2.24, 2.45) is 0 Å². The van der Waals surface area contributed by atoms with Crippen molar-refractivity contribution in [3.8, 4) is 0 Å². The summed E-state index contributed by atoms with van der Waals surface area (Å²) in [7, 11) is 1.82. The molecule has 1 amide bonds. The summed E-state index contributed by atoms with van der Waals surface area (Å²) in [5.74, 6) is 0.000810. The van der Waals surface area contributed by atoms with E-state index in [4.69, 9.17) is 11.6 Å². The van der Waals surface area contributed by atoms with Crippen molar-refractivity contribution in [3.63, 3.8) is 0 Å². The fourth-order valence-electron chi connectivity index (χ4n) is 1.56. The van der Waals surface area contributed by atoms with Gasteiger partial charge in [0.2, 0.25) is 0 Å². The summed E-state index contributed by atoms with van der Waals surface area (Å²) in [6, 6.07) is 5.53. The minimum absolute atomic E-state index is 0. The topological polar surface area (TPSA) is 32.3 Å². The molecule has 0 unspecified atom stereocenters. The third-order valence-corrected chi connectivity index (χ3v) is 3.71. The third kappa shape index (κ3) is 3.13. The van der Waals surface area contributed by atoms with Gasteiger partial charge in [0.15, 0.2) is 0 Å². The lowest BCUT2D eigenvalue weighted by Crippen LogP contribution is -2.57. The van der Waals surface area contributed by atoms with Crippen LogP contribution in [0.15, 0.2) is 22.7 Å². The molecule has 0 bridgehead atoms. The highest BCUT2D eigenvalue weighted by atomic mass is 79.9. The Hall–Kier alpha value is -0.290. The van der Waals surface area contributed by atoms with Gasteiger partial charge in [0.05, 0.1) is 11.6 Å². The van der Waals surface area contributed by atoms with Crippen LogP contribution in [-0.2, 0) is 0 Å². The zero-order valence-corrected chi connectivity index (χ0v) is 12.4. The van der Waals surface area contributed by atoms with E-state index in [1.54, 1.807) is 23.1 Å². The van der Waals surface area contributed by atoms with Crippen molar-refractivity contribution < 1.29 is 4.79 Å². The first-order chi connectivity index (χ1) is 7.59. The Labute approximate surface area is 120 Å². The number of halogens is 3. The maximum Gasteiger partial charge on any atom is 0.255 e. The highest BCUT2D eigenvalue weighted by Gasteiger charge is 2.26. The van der Waals surface area contributed by atoms with Gasteiger partial charge in [-0.05, 0) is 34.1 Å². The number of nitrogens with zero attached hydrogens (tertiary/aromatic N) is 1. The zero-order valence-electron chi connectivity index (χ0n) is 9.24. The van der Waals surface area contributed by atoms with Gasteiger partial charge >= 0.3 is 0 Å². The molecule has 6 heteroatoms. The van der Waals surface area contributed by atoms with Crippen molar-refractivity contribution in [1.82, 2.24) is 10.2 Å². The van der Waals surface area contributed by atoms with E-state index in [-0.39, 0.29) is 18.3 Å². The molecule has 1 heterocycles. The molecule has 1 N–H and O–H groups in total. The second kappa shape index (κ2) is 6.05. The lowest BCUT2D eigenvalue weighted by atomic mass is 10.1. The van der Waals surface area contributed by atoms with E-state index in [9.17, 15) is 4.79 Å². The second-order valence-corrected chi connectivity index (χ2v) is 5.14. The van der Waals surface area contributed by atoms with E-state index in [2.05, 4.69) is 21.2 Å². The fraction of sp³-hybridized carbons (Fsp3) is 0.364. The van der Waals surface area contributed by atoms with Gasteiger partial charge in [0.25, 0.3) is 5.91 Å². The van der Waals surface area contributed by atoms with Gasteiger partial charge < -0.3 is 10.2 Å². The van der Waals surface area contributed by atoms with Crippen molar-refractivity contribution in [1.29, 1.82) is 0 Å². The highest BCUT2D eigenvalue weighted by Crippen LogP contribution is 2.23. The number of nitrogens with one attached hydrogen (secondary N) is 1. The summed E-state index contributed by atoms with van der Waals surface area (Å²) in [4.78, 5) is 13.9. The molecule has 1 aliphatic rings. The number of hydrogen-bond acceptors (Lipinski definition) is 2. The smallest absolute Gasteiger partial charge is 0.255 e. The number of benzene rings is 1. The van der Waals surface area contributed by atoms with Crippen LogP contribution in [-0.4, -0.2) is 37.0 Å². The molecule has 17 heavy (non-hydrogen) atoms. The van der Waals surface area contributed by atoms with Gasteiger partial charge in [-0.25, -0.2) is 0 Å². The van der Waals surface area contributed by atoms with E-state index >= 15 is 0 Å². The molecule has 0 spiro atoms.